The second-order valence-corrected chi connectivity index (χ2v) is 6.89. The Bertz CT molecular complexity index is 538. The number of piperidine rings is 1. The normalized spacial score (nSPS) is 25.5. The topological polar surface area (TPSA) is 96.3 Å². The minimum atomic E-state index is -1.08. The van der Waals surface area contributed by atoms with E-state index in [1.165, 1.54) is 44.4 Å². The van der Waals surface area contributed by atoms with Crippen molar-refractivity contribution in [1.29, 1.82) is 0 Å². The molecule has 148 valence electrons. The molecule has 0 bridgehead atoms. The number of likely N-dealkylation sites (tertiary alicyclic amines) is 1. The van der Waals surface area contributed by atoms with Crippen molar-refractivity contribution >= 4 is 11.9 Å². The molecule has 0 amide bonds. The van der Waals surface area contributed by atoms with Gasteiger partial charge in [0.05, 0.1) is 5.41 Å². The van der Waals surface area contributed by atoms with Crippen molar-refractivity contribution in [3.63, 3.8) is 0 Å². The Morgan fingerprint density at radius 1 is 1.19 bits per heavy atom. The second kappa shape index (κ2) is 10.4. The number of ether oxygens (including phenoxy) is 2. The largest absolute Gasteiger partial charge is 0.481 e. The van der Waals surface area contributed by atoms with Gasteiger partial charge in [0, 0.05) is 25.8 Å². The number of carboxylic acid groups (broad SMARTS) is 2. The average molecular weight is 369 g/mol. The molecule has 0 aromatic rings. The van der Waals surface area contributed by atoms with E-state index in [4.69, 9.17) is 19.7 Å². The Hall–Kier alpha value is -1.70. The Balaban J connectivity index is 0.000000260. The van der Waals surface area contributed by atoms with Crippen LogP contribution in [0, 0.1) is 5.41 Å². The molecule has 3 unspecified atom stereocenters. The van der Waals surface area contributed by atoms with Crippen LogP contribution in [0.15, 0.2) is 23.8 Å². The zero-order valence-electron chi connectivity index (χ0n) is 16.1. The highest BCUT2D eigenvalue weighted by Crippen LogP contribution is 2.31. The Morgan fingerprint density at radius 2 is 1.81 bits per heavy atom. The van der Waals surface area contributed by atoms with Crippen molar-refractivity contribution in [3.8, 4) is 0 Å². The van der Waals surface area contributed by atoms with Gasteiger partial charge in [-0.25, -0.2) is 4.79 Å². The lowest BCUT2D eigenvalue weighted by molar-refractivity contribution is -0.182. The van der Waals surface area contributed by atoms with Gasteiger partial charge in [0.15, 0.2) is 6.29 Å². The van der Waals surface area contributed by atoms with E-state index in [2.05, 4.69) is 11.8 Å². The lowest BCUT2D eigenvalue weighted by atomic mass is 9.80. The molecule has 0 saturated carbocycles. The van der Waals surface area contributed by atoms with E-state index in [0.29, 0.717) is 0 Å². The monoisotopic (exact) mass is 369 g/mol. The van der Waals surface area contributed by atoms with E-state index in [1.807, 2.05) is 6.92 Å². The van der Waals surface area contributed by atoms with Crippen molar-refractivity contribution in [2.24, 2.45) is 5.41 Å². The summed E-state index contributed by atoms with van der Waals surface area (Å²) in [7, 11) is 1.67. The molecule has 3 atom stereocenters. The van der Waals surface area contributed by atoms with Gasteiger partial charge in [-0.15, -0.1) is 0 Å². The quantitative estimate of drug-likeness (QED) is 0.695. The van der Waals surface area contributed by atoms with Gasteiger partial charge in [0.25, 0.3) is 0 Å². The van der Waals surface area contributed by atoms with Gasteiger partial charge in [0.2, 0.25) is 0 Å². The fourth-order valence-electron chi connectivity index (χ4n) is 2.88. The molecule has 1 aliphatic heterocycles. The predicted octanol–water partition coefficient (Wildman–Crippen LogP) is 2.88. The molecule has 2 N–H and O–H groups in total. The van der Waals surface area contributed by atoms with Gasteiger partial charge < -0.3 is 19.7 Å². The van der Waals surface area contributed by atoms with Crippen LogP contribution in [0.25, 0.3) is 0 Å². The first-order valence-electron chi connectivity index (χ1n) is 8.97. The van der Waals surface area contributed by atoms with Gasteiger partial charge in [-0.2, -0.15) is 0 Å². The van der Waals surface area contributed by atoms with Gasteiger partial charge in [0.1, 0.15) is 6.23 Å². The summed E-state index contributed by atoms with van der Waals surface area (Å²) < 4.78 is 10.7. The van der Waals surface area contributed by atoms with Crippen LogP contribution in [-0.4, -0.2) is 59.8 Å². The summed E-state index contributed by atoms with van der Waals surface area (Å²) in [6.45, 7) is 7.86. The summed E-state index contributed by atoms with van der Waals surface area (Å²) in [5.74, 6) is -2.06. The van der Waals surface area contributed by atoms with Crippen LogP contribution in [-0.2, 0) is 19.1 Å². The SMILES string of the molecule is CC1(C(=O)O)C=CC=C(C(=O)O)C1.COC(C)OC(C)N1CCCCC1. The zero-order valence-corrected chi connectivity index (χ0v) is 16.1. The molecular formula is C19H31NO6. The van der Waals surface area contributed by atoms with Crippen molar-refractivity contribution in [1.82, 2.24) is 4.90 Å². The number of carbonyl (C=O) groups is 2. The maximum absolute atomic E-state index is 10.8. The van der Waals surface area contributed by atoms with Crippen molar-refractivity contribution in [2.75, 3.05) is 20.2 Å². The smallest absolute Gasteiger partial charge is 0.331 e. The summed E-state index contributed by atoms with van der Waals surface area (Å²) in [6.07, 6.45) is 8.49. The molecule has 7 nitrogen and oxygen atoms in total. The lowest BCUT2D eigenvalue weighted by Crippen LogP contribution is -2.40. The van der Waals surface area contributed by atoms with Gasteiger partial charge >= 0.3 is 11.9 Å². The summed E-state index contributed by atoms with van der Waals surface area (Å²) in [4.78, 5) is 23.7. The molecule has 7 heteroatoms. The molecule has 1 saturated heterocycles. The fraction of sp³-hybridized carbons (Fsp3) is 0.684. The van der Waals surface area contributed by atoms with Crippen LogP contribution in [0.2, 0.25) is 0 Å². The van der Waals surface area contributed by atoms with E-state index in [0.717, 1.165) is 13.1 Å². The van der Waals surface area contributed by atoms with Crippen molar-refractivity contribution in [2.45, 2.75) is 59.0 Å². The number of rotatable bonds is 6. The standard InChI is InChI=1S/C10H21NO2.C9H10O4/c1-9(13-10(2)12-3)11-7-5-4-6-8-11;1-9(8(12)13)4-2-3-6(5-9)7(10)11/h9-10H,4-8H2,1-3H3;2-4H,5H2,1H3,(H,10,11)(H,12,13). The third-order valence-corrected chi connectivity index (χ3v) is 4.71. The molecule has 1 fully saturated rings. The van der Waals surface area contributed by atoms with Crippen LogP contribution in [0.4, 0.5) is 0 Å². The van der Waals surface area contributed by atoms with Crippen LogP contribution < -0.4 is 0 Å². The number of allylic oxidation sites excluding steroid dienone is 2. The van der Waals surface area contributed by atoms with Crippen molar-refractivity contribution in [3.05, 3.63) is 23.8 Å². The lowest BCUT2D eigenvalue weighted by Gasteiger charge is -2.33. The molecule has 1 aliphatic carbocycles. The maximum atomic E-state index is 10.8. The number of aliphatic carboxylic acids is 2. The average Bonchev–Trinajstić information content (AvgIpc) is 2.62. The summed E-state index contributed by atoms with van der Waals surface area (Å²) in [5, 5.41) is 17.5. The number of methoxy groups -OCH3 is 1. The van der Waals surface area contributed by atoms with Crippen LogP contribution in [0.3, 0.4) is 0 Å². The summed E-state index contributed by atoms with van der Waals surface area (Å²) in [6, 6.07) is 0. The number of carboxylic acids is 2. The highest BCUT2D eigenvalue weighted by molar-refractivity contribution is 5.90. The number of nitrogens with zero attached hydrogens (tertiary/aromatic N) is 1. The highest BCUT2D eigenvalue weighted by Gasteiger charge is 2.34. The molecular weight excluding hydrogens is 338 g/mol. The van der Waals surface area contributed by atoms with E-state index in [-0.39, 0.29) is 24.5 Å². The minimum absolute atomic E-state index is 0.0359. The first-order chi connectivity index (χ1) is 12.2. The zero-order chi connectivity index (χ0) is 19.7. The van der Waals surface area contributed by atoms with E-state index >= 15 is 0 Å². The van der Waals surface area contributed by atoms with Crippen LogP contribution >= 0.6 is 0 Å². The van der Waals surface area contributed by atoms with Gasteiger partial charge in [-0.05, 0) is 40.0 Å². The molecule has 0 aromatic heterocycles. The first-order valence-corrected chi connectivity index (χ1v) is 8.97. The third kappa shape index (κ3) is 6.90. The second-order valence-electron chi connectivity index (χ2n) is 6.89. The first kappa shape index (κ1) is 22.3. The van der Waals surface area contributed by atoms with E-state index in [1.54, 1.807) is 7.11 Å². The molecule has 0 aromatic carbocycles. The van der Waals surface area contributed by atoms with E-state index < -0.39 is 17.4 Å². The Morgan fingerprint density at radius 3 is 2.31 bits per heavy atom. The molecule has 0 radical (unpaired) electrons. The maximum Gasteiger partial charge on any atom is 0.331 e. The molecule has 0 spiro atoms. The van der Waals surface area contributed by atoms with Gasteiger partial charge in [-0.1, -0.05) is 24.6 Å². The minimum Gasteiger partial charge on any atom is -0.481 e. The molecule has 1 heterocycles. The predicted molar refractivity (Wildman–Crippen MR) is 97.7 cm³/mol. The molecule has 2 rings (SSSR count). The third-order valence-electron chi connectivity index (χ3n) is 4.71. The fourth-order valence-corrected chi connectivity index (χ4v) is 2.88. The van der Waals surface area contributed by atoms with Crippen molar-refractivity contribution < 1.29 is 29.3 Å². The highest BCUT2D eigenvalue weighted by atomic mass is 16.7. The van der Waals surface area contributed by atoms with Crippen LogP contribution in [0.5, 0.6) is 0 Å². The van der Waals surface area contributed by atoms with Gasteiger partial charge in [-0.3, -0.25) is 9.69 Å². The Labute approximate surface area is 155 Å². The summed E-state index contributed by atoms with van der Waals surface area (Å²) >= 11 is 0. The molecule has 26 heavy (non-hydrogen) atoms. The van der Waals surface area contributed by atoms with Crippen LogP contribution in [0.1, 0.15) is 46.5 Å². The summed E-state index contributed by atoms with van der Waals surface area (Å²) in [5.41, 5.74) is -0.949. The Kier molecular flexibility index (Phi) is 8.98. The number of hydrogen-bond donors (Lipinski definition) is 2. The number of hydrogen-bond acceptors (Lipinski definition) is 5. The van der Waals surface area contributed by atoms with E-state index in [9.17, 15) is 9.59 Å². The molecule has 2 aliphatic rings.